The molecule has 1 unspecified atom stereocenters. The van der Waals surface area contributed by atoms with Crippen molar-refractivity contribution in [1.82, 2.24) is 5.32 Å². The number of nitrogens with one attached hydrogen (secondary N) is 2. The van der Waals surface area contributed by atoms with E-state index < -0.39 is 17.6 Å². The largest absolute Gasteiger partial charge is 0.341 e. The fraction of sp³-hybridized carbons (Fsp3) is 0.235. The second-order valence-corrected chi connectivity index (χ2v) is 6.78. The molecule has 7 heteroatoms. The first-order chi connectivity index (χ1) is 11.3. The van der Waals surface area contributed by atoms with Crippen LogP contribution < -0.4 is 10.6 Å². The van der Waals surface area contributed by atoms with Crippen molar-refractivity contribution in [3.05, 3.63) is 51.0 Å². The summed E-state index contributed by atoms with van der Waals surface area (Å²) in [5.74, 6) is -2.35. The molecule has 1 aromatic heterocycles. The number of amides is 2. The van der Waals surface area contributed by atoms with Crippen molar-refractivity contribution >= 4 is 28.8 Å². The van der Waals surface area contributed by atoms with Crippen LogP contribution in [0.25, 0.3) is 0 Å². The molecular weight excluding hydrogens is 329 g/mol. The molecule has 0 aliphatic carbocycles. The predicted molar refractivity (Wildman–Crippen MR) is 90.1 cm³/mol. The standard InChI is InChI=1S/C17H16FN3O2S/c1-9-6-14(11(3)24-9)10(2)20-16(22)17(23)21-13-4-5-15(18)12(7-13)8-19/h4-7,10H,1-3H3,(H,20,22)(H,21,23). The molecule has 2 N–H and O–H groups in total. The van der Waals surface area contributed by atoms with Gasteiger partial charge < -0.3 is 10.6 Å². The zero-order valence-electron chi connectivity index (χ0n) is 13.4. The lowest BCUT2D eigenvalue weighted by Gasteiger charge is -2.14. The number of nitriles is 1. The third-order valence-corrected chi connectivity index (χ3v) is 4.43. The van der Waals surface area contributed by atoms with Gasteiger partial charge in [-0.1, -0.05) is 0 Å². The zero-order valence-corrected chi connectivity index (χ0v) is 14.3. The maximum absolute atomic E-state index is 13.3. The van der Waals surface area contributed by atoms with E-state index in [0.29, 0.717) is 0 Å². The van der Waals surface area contributed by atoms with E-state index in [4.69, 9.17) is 5.26 Å². The van der Waals surface area contributed by atoms with Gasteiger partial charge in [0.25, 0.3) is 0 Å². The normalized spacial score (nSPS) is 11.5. The van der Waals surface area contributed by atoms with Crippen molar-refractivity contribution in [2.24, 2.45) is 0 Å². The molecule has 2 aromatic rings. The summed E-state index contributed by atoms with van der Waals surface area (Å²) in [5.41, 5.74) is 0.946. The highest BCUT2D eigenvalue weighted by Crippen LogP contribution is 2.26. The number of carbonyl (C=O) groups is 2. The number of rotatable bonds is 3. The summed E-state index contributed by atoms with van der Waals surface area (Å²) in [7, 11) is 0. The number of thiophene rings is 1. The van der Waals surface area contributed by atoms with Gasteiger partial charge in [0.1, 0.15) is 11.9 Å². The van der Waals surface area contributed by atoms with Gasteiger partial charge in [0.15, 0.2) is 0 Å². The van der Waals surface area contributed by atoms with E-state index >= 15 is 0 Å². The van der Waals surface area contributed by atoms with Gasteiger partial charge >= 0.3 is 11.8 Å². The molecule has 1 heterocycles. The van der Waals surface area contributed by atoms with Crippen molar-refractivity contribution in [3.8, 4) is 6.07 Å². The van der Waals surface area contributed by atoms with E-state index in [2.05, 4.69) is 10.6 Å². The minimum Gasteiger partial charge on any atom is -0.341 e. The summed E-state index contributed by atoms with van der Waals surface area (Å²) in [5, 5.41) is 13.8. The fourth-order valence-electron chi connectivity index (χ4n) is 2.30. The second kappa shape index (κ2) is 7.23. The Balaban J connectivity index is 2.03. The maximum atomic E-state index is 13.3. The summed E-state index contributed by atoms with van der Waals surface area (Å²) in [6, 6.07) is 6.87. The minimum atomic E-state index is -0.873. The van der Waals surface area contributed by atoms with Crippen LogP contribution in [0, 0.1) is 31.0 Å². The number of hydrogen-bond acceptors (Lipinski definition) is 4. The lowest BCUT2D eigenvalue weighted by atomic mass is 10.1. The van der Waals surface area contributed by atoms with E-state index in [9.17, 15) is 14.0 Å². The Morgan fingerprint density at radius 2 is 1.96 bits per heavy atom. The molecule has 0 spiro atoms. The monoisotopic (exact) mass is 345 g/mol. The Labute approximate surface area is 143 Å². The molecule has 5 nitrogen and oxygen atoms in total. The van der Waals surface area contributed by atoms with Crippen molar-refractivity contribution < 1.29 is 14.0 Å². The molecule has 0 saturated carbocycles. The van der Waals surface area contributed by atoms with E-state index in [1.807, 2.05) is 19.9 Å². The van der Waals surface area contributed by atoms with Gasteiger partial charge in [0, 0.05) is 15.4 Å². The van der Waals surface area contributed by atoms with Crippen LogP contribution in [0.3, 0.4) is 0 Å². The third-order valence-electron chi connectivity index (χ3n) is 3.44. The Morgan fingerprint density at radius 1 is 1.25 bits per heavy atom. The number of carbonyl (C=O) groups excluding carboxylic acids is 2. The van der Waals surface area contributed by atoms with E-state index in [1.54, 1.807) is 24.3 Å². The van der Waals surface area contributed by atoms with Gasteiger partial charge in [-0.3, -0.25) is 9.59 Å². The zero-order chi connectivity index (χ0) is 17.9. The topological polar surface area (TPSA) is 82.0 Å². The van der Waals surface area contributed by atoms with Crippen molar-refractivity contribution in [1.29, 1.82) is 5.26 Å². The smallest absolute Gasteiger partial charge is 0.313 e. The highest BCUT2D eigenvalue weighted by molar-refractivity contribution is 7.12. The third kappa shape index (κ3) is 3.97. The summed E-state index contributed by atoms with van der Waals surface area (Å²) in [6.45, 7) is 5.73. The molecule has 124 valence electrons. The first-order valence-corrected chi connectivity index (χ1v) is 8.02. The molecule has 0 fully saturated rings. The van der Waals surface area contributed by atoms with Crippen molar-refractivity contribution in [2.75, 3.05) is 5.32 Å². The quantitative estimate of drug-likeness (QED) is 0.838. The number of aryl methyl sites for hydroxylation is 2. The lowest BCUT2D eigenvalue weighted by Crippen LogP contribution is -2.37. The first kappa shape index (κ1) is 17.6. The number of hydrogen-bond donors (Lipinski definition) is 2. The minimum absolute atomic E-state index is 0.184. The van der Waals surface area contributed by atoms with Crippen molar-refractivity contribution in [2.45, 2.75) is 26.8 Å². The molecule has 0 aliphatic heterocycles. The van der Waals surface area contributed by atoms with Crippen LogP contribution in [-0.2, 0) is 9.59 Å². The molecule has 2 rings (SSSR count). The van der Waals surface area contributed by atoms with Gasteiger partial charge in [0.2, 0.25) is 0 Å². The Hall–Kier alpha value is -2.72. The van der Waals surface area contributed by atoms with Crippen LogP contribution in [0.2, 0.25) is 0 Å². The number of anilines is 1. The molecule has 1 atom stereocenters. The second-order valence-electron chi connectivity index (χ2n) is 5.32. The molecule has 0 bridgehead atoms. The van der Waals surface area contributed by atoms with Gasteiger partial charge in [-0.25, -0.2) is 4.39 Å². The van der Waals surface area contributed by atoms with Gasteiger partial charge in [-0.2, -0.15) is 5.26 Å². The van der Waals surface area contributed by atoms with Crippen LogP contribution in [0.5, 0.6) is 0 Å². The van der Waals surface area contributed by atoms with Gasteiger partial charge in [-0.05, 0) is 50.6 Å². The Bertz CT molecular complexity index is 839. The van der Waals surface area contributed by atoms with Crippen LogP contribution in [0.15, 0.2) is 24.3 Å². The van der Waals surface area contributed by atoms with Crippen molar-refractivity contribution in [3.63, 3.8) is 0 Å². The Kier molecular flexibility index (Phi) is 5.31. The van der Waals surface area contributed by atoms with Crippen LogP contribution >= 0.6 is 11.3 Å². The molecular formula is C17H16FN3O2S. The number of benzene rings is 1. The average Bonchev–Trinajstić information content (AvgIpc) is 2.87. The fourth-order valence-corrected chi connectivity index (χ4v) is 3.32. The highest BCUT2D eigenvalue weighted by atomic mass is 32.1. The molecule has 0 aliphatic rings. The summed E-state index contributed by atoms with van der Waals surface area (Å²) in [6.07, 6.45) is 0. The molecule has 0 radical (unpaired) electrons. The maximum Gasteiger partial charge on any atom is 0.313 e. The van der Waals surface area contributed by atoms with E-state index in [0.717, 1.165) is 21.4 Å². The Morgan fingerprint density at radius 3 is 2.54 bits per heavy atom. The van der Waals surface area contributed by atoms with E-state index in [-0.39, 0.29) is 17.3 Å². The van der Waals surface area contributed by atoms with Gasteiger partial charge in [-0.15, -0.1) is 11.3 Å². The lowest BCUT2D eigenvalue weighted by molar-refractivity contribution is -0.136. The van der Waals surface area contributed by atoms with Gasteiger partial charge in [0.05, 0.1) is 11.6 Å². The van der Waals surface area contributed by atoms with Crippen LogP contribution in [0.1, 0.15) is 33.8 Å². The average molecular weight is 345 g/mol. The van der Waals surface area contributed by atoms with Crippen LogP contribution in [0.4, 0.5) is 10.1 Å². The number of nitrogens with zero attached hydrogens (tertiary/aromatic N) is 1. The SMILES string of the molecule is Cc1cc(C(C)NC(=O)C(=O)Nc2ccc(F)c(C#N)c2)c(C)s1. The number of halogens is 1. The summed E-state index contributed by atoms with van der Waals surface area (Å²) >= 11 is 1.62. The molecule has 0 saturated heterocycles. The molecule has 1 aromatic carbocycles. The summed E-state index contributed by atoms with van der Waals surface area (Å²) in [4.78, 5) is 26.2. The van der Waals surface area contributed by atoms with E-state index in [1.165, 1.54) is 12.1 Å². The predicted octanol–water partition coefficient (Wildman–Crippen LogP) is 3.19. The van der Waals surface area contributed by atoms with Crippen LogP contribution in [-0.4, -0.2) is 11.8 Å². The first-order valence-electron chi connectivity index (χ1n) is 7.20. The highest BCUT2D eigenvalue weighted by Gasteiger charge is 2.19. The molecule has 2 amide bonds. The summed E-state index contributed by atoms with van der Waals surface area (Å²) < 4.78 is 13.3. The molecule has 24 heavy (non-hydrogen) atoms.